The fourth-order valence-corrected chi connectivity index (χ4v) is 4.96. The molecule has 10 heteroatoms. The highest BCUT2D eigenvalue weighted by molar-refractivity contribution is 7.87. The number of hydrogen-bond acceptors (Lipinski definition) is 5. The Kier molecular flexibility index (Phi) is 8.59. The van der Waals surface area contributed by atoms with Gasteiger partial charge in [0.25, 0.3) is 0 Å². The zero-order chi connectivity index (χ0) is 24.8. The van der Waals surface area contributed by atoms with E-state index in [1.165, 1.54) is 12.1 Å². The molecule has 0 atom stereocenters. The Hall–Kier alpha value is -2.59. The predicted octanol–water partition coefficient (Wildman–Crippen LogP) is 5.03. The van der Waals surface area contributed by atoms with Crippen LogP contribution in [0.3, 0.4) is 0 Å². The SMILES string of the molecule is COCCN(Cc1cccc(OS(=O)(=O)c2cccc(C(F)(F)F)c2)c1)C(=O)C1CCCCC1. The van der Waals surface area contributed by atoms with Crippen molar-refractivity contribution in [1.29, 1.82) is 0 Å². The number of rotatable bonds is 9. The Balaban J connectivity index is 1.77. The number of carbonyl (C=O) groups is 1. The van der Waals surface area contributed by atoms with Crippen molar-refractivity contribution in [2.24, 2.45) is 5.92 Å². The molecule has 1 saturated carbocycles. The first kappa shape index (κ1) is 26.0. The van der Waals surface area contributed by atoms with Crippen LogP contribution in [0, 0.1) is 5.92 Å². The molecule has 0 aromatic heterocycles. The van der Waals surface area contributed by atoms with Gasteiger partial charge in [-0.1, -0.05) is 37.5 Å². The van der Waals surface area contributed by atoms with Gasteiger partial charge in [0.2, 0.25) is 5.91 Å². The summed E-state index contributed by atoms with van der Waals surface area (Å²) in [5.74, 6) is -0.0438. The van der Waals surface area contributed by atoms with Crippen LogP contribution >= 0.6 is 0 Å². The third-order valence-corrected chi connectivity index (χ3v) is 7.00. The van der Waals surface area contributed by atoms with Gasteiger partial charge in [0.05, 0.1) is 12.2 Å². The van der Waals surface area contributed by atoms with Gasteiger partial charge in [-0.3, -0.25) is 4.79 Å². The first-order valence-corrected chi connectivity index (χ1v) is 12.5. The highest BCUT2D eigenvalue weighted by Crippen LogP contribution is 2.31. The lowest BCUT2D eigenvalue weighted by Crippen LogP contribution is -2.38. The van der Waals surface area contributed by atoms with Crippen LogP contribution in [0.2, 0.25) is 0 Å². The fraction of sp³-hybridized carbons (Fsp3) is 0.458. The van der Waals surface area contributed by atoms with Crippen molar-refractivity contribution in [3.8, 4) is 5.75 Å². The molecule has 1 aliphatic carbocycles. The van der Waals surface area contributed by atoms with Gasteiger partial charge in [0.15, 0.2) is 0 Å². The van der Waals surface area contributed by atoms with Gasteiger partial charge in [-0.05, 0) is 48.7 Å². The van der Waals surface area contributed by atoms with E-state index >= 15 is 0 Å². The van der Waals surface area contributed by atoms with E-state index in [1.54, 1.807) is 24.1 Å². The van der Waals surface area contributed by atoms with Crippen LogP contribution in [-0.4, -0.2) is 39.5 Å². The van der Waals surface area contributed by atoms with E-state index in [9.17, 15) is 26.4 Å². The average molecular weight is 500 g/mol. The fourth-order valence-electron chi connectivity index (χ4n) is 4.00. The van der Waals surface area contributed by atoms with Crippen LogP contribution in [0.15, 0.2) is 53.4 Å². The standard InChI is InChI=1S/C24H28F3NO5S/c1-32-14-13-28(23(29)19-8-3-2-4-9-19)17-18-7-5-11-21(15-18)33-34(30,31)22-12-6-10-20(16-22)24(25,26)27/h5-7,10-12,15-16,19H,2-4,8-9,13-14,17H2,1H3. The number of methoxy groups -OCH3 is 1. The largest absolute Gasteiger partial charge is 0.416 e. The number of alkyl halides is 3. The van der Waals surface area contributed by atoms with E-state index in [0.717, 1.165) is 50.3 Å². The van der Waals surface area contributed by atoms with Gasteiger partial charge in [0, 0.05) is 26.1 Å². The molecule has 1 amide bonds. The molecule has 3 rings (SSSR count). The maximum Gasteiger partial charge on any atom is 0.416 e. The van der Waals surface area contributed by atoms with E-state index in [0.29, 0.717) is 24.8 Å². The maximum atomic E-state index is 13.1. The first-order chi connectivity index (χ1) is 16.1. The molecule has 34 heavy (non-hydrogen) atoms. The number of benzene rings is 2. The van der Waals surface area contributed by atoms with E-state index in [4.69, 9.17) is 8.92 Å². The monoisotopic (exact) mass is 499 g/mol. The molecule has 0 spiro atoms. The summed E-state index contributed by atoms with van der Waals surface area (Å²) in [6.07, 6.45) is 0.182. The normalized spacial score (nSPS) is 15.2. The van der Waals surface area contributed by atoms with Gasteiger partial charge in [-0.15, -0.1) is 0 Å². The lowest BCUT2D eigenvalue weighted by atomic mass is 9.88. The third kappa shape index (κ3) is 6.96. The molecule has 0 radical (unpaired) electrons. The maximum absolute atomic E-state index is 13.1. The molecule has 0 unspecified atom stereocenters. The Morgan fingerprint density at radius 3 is 2.44 bits per heavy atom. The minimum absolute atomic E-state index is 0.0358. The van der Waals surface area contributed by atoms with E-state index in [1.807, 2.05) is 0 Å². The molecule has 1 aliphatic rings. The van der Waals surface area contributed by atoms with Crippen molar-refractivity contribution >= 4 is 16.0 Å². The van der Waals surface area contributed by atoms with Gasteiger partial charge < -0.3 is 13.8 Å². The molecular formula is C24H28F3NO5S. The van der Waals surface area contributed by atoms with Crippen LogP contribution < -0.4 is 4.18 Å². The van der Waals surface area contributed by atoms with Crippen LogP contribution in [-0.2, 0) is 32.4 Å². The smallest absolute Gasteiger partial charge is 0.383 e. The summed E-state index contributed by atoms with van der Waals surface area (Å²) in [4.78, 5) is 14.2. The first-order valence-electron chi connectivity index (χ1n) is 11.1. The molecule has 1 fully saturated rings. The molecule has 0 aliphatic heterocycles. The molecule has 2 aromatic rings. The summed E-state index contributed by atoms with van der Waals surface area (Å²) in [5, 5.41) is 0. The van der Waals surface area contributed by atoms with Gasteiger partial charge in [0.1, 0.15) is 10.6 Å². The number of halogens is 3. The zero-order valence-corrected chi connectivity index (χ0v) is 19.7. The minimum atomic E-state index is -4.68. The zero-order valence-electron chi connectivity index (χ0n) is 18.9. The predicted molar refractivity (Wildman–Crippen MR) is 120 cm³/mol. The van der Waals surface area contributed by atoms with Crippen LogP contribution in [0.4, 0.5) is 13.2 Å². The second-order valence-electron chi connectivity index (χ2n) is 8.30. The molecule has 0 saturated heterocycles. The molecular weight excluding hydrogens is 471 g/mol. The molecule has 6 nitrogen and oxygen atoms in total. The number of amides is 1. The summed E-state index contributed by atoms with van der Waals surface area (Å²) in [7, 11) is -2.94. The van der Waals surface area contributed by atoms with Gasteiger partial charge in [-0.25, -0.2) is 0 Å². The van der Waals surface area contributed by atoms with Crippen molar-refractivity contribution in [2.75, 3.05) is 20.3 Å². The van der Waals surface area contributed by atoms with Crippen LogP contribution in [0.5, 0.6) is 5.75 Å². The summed E-state index contributed by atoms with van der Waals surface area (Å²) in [6, 6.07) is 9.57. The molecule has 0 bridgehead atoms. The molecule has 186 valence electrons. The highest BCUT2D eigenvalue weighted by Gasteiger charge is 2.32. The van der Waals surface area contributed by atoms with Gasteiger partial charge >= 0.3 is 16.3 Å². The van der Waals surface area contributed by atoms with Crippen molar-refractivity contribution in [3.05, 3.63) is 59.7 Å². The topological polar surface area (TPSA) is 72.9 Å². The van der Waals surface area contributed by atoms with Crippen LogP contribution in [0.1, 0.15) is 43.2 Å². The van der Waals surface area contributed by atoms with Crippen LogP contribution in [0.25, 0.3) is 0 Å². The van der Waals surface area contributed by atoms with Crippen molar-refractivity contribution in [3.63, 3.8) is 0 Å². The second kappa shape index (κ2) is 11.2. The number of carbonyl (C=O) groups excluding carboxylic acids is 1. The van der Waals surface area contributed by atoms with Crippen molar-refractivity contribution in [1.82, 2.24) is 4.90 Å². The average Bonchev–Trinajstić information content (AvgIpc) is 2.81. The number of nitrogens with zero attached hydrogens (tertiary/aromatic N) is 1. The summed E-state index contributed by atoms with van der Waals surface area (Å²) in [6.45, 7) is 0.984. The molecule has 2 aromatic carbocycles. The summed E-state index contributed by atoms with van der Waals surface area (Å²) >= 11 is 0. The van der Waals surface area contributed by atoms with Crippen molar-refractivity contribution < 1.29 is 35.3 Å². The second-order valence-corrected chi connectivity index (χ2v) is 9.84. The lowest BCUT2D eigenvalue weighted by Gasteiger charge is -2.29. The molecule has 0 heterocycles. The Bertz CT molecular complexity index is 1080. The number of hydrogen-bond donors (Lipinski definition) is 0. The van der Waals surface area contributed by atoms with Gasteiger partial charge in [-0.2, -0.15) is 21.6 Å². The third-order valence-electron chi connectivity index (χ3n) is 5.76. The van der Waals surface area contributed by atoms with E-state index < -0.39 is 26.8 Å². The minimum Gasteiger partial charge on any atom is -0.383 e. The quantitative estimate of drug-likeness (QED) is 0.453. The van der Waals surface area contributed by atoms with E-state index in [2.05, 4.69) is 0 Å². The Morgan fingerprint density at radius 2 is 1.76 bits per heavy atom. The van der Waals surface area contributed by atoms with Crippen molar-refractivity contribution in [2.45, 2.75) is 49.7 Å². The summed E-state index contributed by atoms with van der Waals surface area (Å²) in [5.41, 5.74) is -0.446. The number of ether oxygens (including phenoxy) is 1. The highest BCUT2D eigenvalue weighted by atomic mass is 32.2. The Morgan fingerprint density at radius 1 is 1.06 bits per heavy atom. The Labute approximate surface area is 197 Å². The van der Waals surface area contributed by atoms with E-state index in [-0.39, 0.29) is 24.1 Å². The molecule has 0 N–H and O–H groups in total. The summed E-state index contributed by atoms with van der Waals surface area (Å²) < 4.78 is 74.4. The lowest BCUT2D eigenvalue weighted by molar-refractivity contribution is -0.138.